The smallest absolute Gasteiger partial charge is 0.267 e. The van der Waals surface area contributed by atoms with E-state index in [-0.39, 0.29) is 11.2 Å². The van der Waals surface area contributed by atoms with Crippen LogP contribution in [0.4, 0.5) is 5.69 Å². The second-order valence-corrected chi connectivity index (χ2v) is 8.99. The van der Waals surface area contributed by atoms with Crippen molar-refractivity contribution in [1.29, 1.82) is 5.26 Å². The Bertz CT molecular complexity index is 993. The lowest BCUT2D eigenvalue weighted by Gasteiger charge is -2.13. The Morgan fingerprint density at radius 2 is 1.93 bits per heavy atom. The number of para-hydroxylation sites is 1. The fraction of sp³-hybridized carbons (Fsp3) is 0.227. The van der Waals surface area contributed by atoms with Crippen LogP contribution < -0.4 is 5.32 Å². The molecule has 0 aliphatic heterocycles. The van der Waals surface area contributed by atoms with E-state index < -0.39 is 0 Å². The van der Waals surface area contributed by atoms with Crippen LogP contribution in [0, 0.1) is 18.3 Å². The maximum Gasteiger partial charge on any atom is 0.267 e. The average Bonchev–Trinajstić information content (AvgIpc) is 3.04. The van der Waals surface area contributed by atoms with Gasteiger partial charge in [0.2, 0.25) is 0 Å². The van der Waals surface area contributed by atoms with Gasteiger partial charge in [-0.3, -0.25) is 4.79 Å². The Kier molecular flexibility index (Phi) is 6.85. The van der Waals surface area contributed by atoms with Gasteiger partial charge in [0, 0.05) is 23.0 Å². The first-order valence-electron chi connectivity index (χ1n) is 9.01. The summed E-state index contributed by atoms with van der Waals surface area (Å²) in [6.07, 6.45) is 1.18. The van der Waals surface area contributed by atoms with Crippen LogP contribution in [-0.2, 0) is 6.42 Å². The summed E-state index contributed by atoms with van der Waals surface area (Å²) in [4.78, 5) is 19.0. The van der Waals surface area contributed by atoms with E-state index >= 15 is 0 Å². The zero-order chi connectivity index (χ0) is 19.9. The normalized spacial score (nSPS) is 11.6. The molecule has 0 aliphatic rings. The van der Waals surface area contributed by atoms with Crippen molar-refractivity contribution in [1.82, 2.24) is 4.98 Å². The highest BCUT2D eigenvalue weighted by Crippen LogP contribution is 2.32. The minimum absolute atomic E-state index is 0.143. The second kappa shape index (κ2) is 9.54. The van der Waals surface area contributed by atoms with Gasteiger partial charge in [-0.15, -0.1) is 23.1 Å². The molecule has 1 heterocycles. The zero-order valence-corrected chi connectivity index (χ0v) is 17.4. The Morgan fingerprint density at radius 3 is 2.68 bits per heavy atom. The Morgan fingerprint density at radius 1 is 1.21 bits per heavy atom. The third-order valence-electron chi connectivity index (χ3n) is 4.09. The van der Waals surface area contributed by atoms with E-state index in [2.05, 4.69) is 28.5 Å². The van der Waals surface area contributed by atoms with Gasteiger partial charge in [-0.25, -0.2) is 4.98 Å². The molecule has 28 heavy (non-hydrogen) atoms. The van der Waals surface area contributed by atoms with Crippen LogP contribution >= 0.6 is 23.1 Å². The van der Waals surface area contributed by atoms with Gasteiger partial charge in [-0.05, 0) is 24.6 Å². The third-order valence-corrected chi connectivity index (χ3v) is 6.42. The van der Waals surface area contributed by atoms with Gasteiger partial charge in [-0.1, -0.05) is 49.4 Å². The van der Waals surface area contributed by atoms with Crippen LogP contribution in [0.3, 0.4) is 0 Å². The van der Waals surface area contributed by atoms with Crippen molar-refractivity contribution in [3.63, 3.8) is 0 Å². The highest BCUT2D eigenvalue weighted by molar-refractivity contribution is 8.00. The van der Waals surface area contributed by atoms with Crippen LogP contribution in [0.15, 0.2) is 59.5 Å². The number of nitriles is 1. The standard InChI is InChI=1S/C22H21N3OS2/c1-15(12-13-23)27-19-11-7-6-10-18(19)25-22(26)21-16(2)24-20(28-21)14-17-8-4-3-5-9-17/h3-11,15H,12,14H2,1-2H3,(H,25,26). The molecule has 2 aromatic carbocycles. The number of aryl methyl sites for hydroxylation is 1. The van der Waals surface area contributed by atoms with E-state index in [0.29, 0.717) is 11.3 Å². The number of thioether (sulfide) groups is 1. The van der Waals surface area contributed by atoms with E-state index in [1.165, 1.54) is 16.9 Å². The predicted molar refractivity (Wildman–Crippen MR) is 116 cm³/mol. The summed E-state index contributed by atoms with van der Waals surface area (Å²) in [5.74, 6) is -0.143. The molecule has 0 bridgehead atoms. The lowest BCUT2D eigenvalue weighted by atomic mass is 10.2. The molecule has 0 aliphatic carbocycles. The largest absolute Gasteiger partial charge is 0.320 e. The fourth-order valence-electron chi connectivity index (χ4n) is 2.75. The number of nitrogens with one attached hydrogen (secondary N) is 1. The van der Waals surface area contributed by atoms with Gasteiger partial charge in [0.15, 0.2) is 0 Å². The lowest BCUT2D eigenvalue weighted by molar-refractivity contribution is 0.102. The van der Waals surface area contributed by atoms with Crippen molar-refractivity contribution in [3.05, 3.63) is 75.7 Å². The van der Waals surface area contributed by atoms with Crippen molar-refractivity contribution in [3.8, 4) is 6.07 Å². The van der Waals surface area contributed by atoms with E-state index in [0.717, 1.165) is 27.7 Å². The van der Waals surface area contributed by atoms with Gasteiger partial charge in [0.25, 0.3) is 5.91 Å². The topological polar surface area (TPSA) is 65.8 Å². The molecule has 1 unspecified atom stereocenters. The maximum absolute atomic E-state index is 12.9. The van der Waals surface area contributed by atoms with Crippen molar-refractivity contribution in [2.24, 2.45) is 0 Å². The van der Waals surface area contributed by atoms with Crippen LogP contribution in [0.25, 0.3) is 0 Å². The average molecular weight is 408 g/mol. The number of aromatic nitrogens is 1. The van der Waals surface area contributed by atoms with Crippen molar-refractivity contribution < 1.29 is 4.79 Å². The van der Waals surface area contributed by atoms with Crippen molar-refractivity contribution >= 4 is 34.7 Å². The third kappa shape index (κ3) is 5.22. The van der Waals surface area contributed by atoms with Crippen molar-refractivity contribution in [2.45, 2.75) is 36.8 Å². The maximum atomic E-state index is 12.9. The van der Waals surface area contributed by atoms with Gasteiger partial charge in [0.1, 0.15) is 4.88 Å². The summed E-state index contributed by atoms with van der Waals surface area (Å²) < 4.78 is 0. The van der Waals surface area contributed by atoms with Gasteiger partial charge >= 0.3 is 0 Å². The molecule has 3 rings (SSSR count). The SMILES string of the molecule is Cc1nc(Cc2ccccc2)sc1C(=O)Nc1ccccc1SC(C)CC#N. The van der Waals surface area contributed by atoms with E-state index in [1.807, 2.05) is 56.3 Å². The molecule has 0 radical (unpaired) electrons. The van der Waals surface area contributed by atoms with Gasteiger partial charge in [-0.2, -0.15) is 5.26 Å². The van der Waals surface area contributed by atoms with Gasteiger partial charge < -0.3 is 5.32 Å². The predicted octanol–water partition coefficient (Wildman–Crippen LogP) is 5.69. The number of hydrogen-bond donors (Lipinski definition) is 1. The first-order chi connectivity index (χ1) is 13.6. The molecule has 6 heteroatoms. The zero-order valence-electron chi connectivity index (χ0n) is 15.8. The number of carbonyl (C=O) groups is 1. The Labute approximate surface area is 173 Å². The molecule has 4 nitrogen and oxygen atoms in total. The fourth-order valence-corrected chi connectivity index (χ4v) is 4.74. The molecule has 1 amide bonds. The van der Waals surface area contributed by atoms with Crippen LogP contribution in [-0.4, -0.2) is 16.1 Å². The number of rotatable bonds is 7. The molecule has 0 saturated heterocycles. The first kappa shape index (κ1) is 20.1. The molecule has 0 spiro atoms. The summed E-state index contributed by atoms with van der Waals surface area (Å²) in [6, 6.07) is 20.0. The number of hydrogen-bond acceptors (Lipinski definition) is 5. The molecule has 0 saturated carbocycles. The summed E-state index contributed by atoms with van der Waals surface area (Å²) in [6.45, 7) is 3.88. The number of nitrogens with zero attached hydrogens (tertiary/aromatic N) is 2. The summed E-state index contributed by atoms with van der Waals surface area (Å²) in [5, 5.41) is 13.0. The van der Waals surface area contributed by atoms with Gasteiger partial charge in [0.05, 0.1) is 22.5 Å². The van der Waals surface area contributed by atoms with E-state index in [4.69, 9.17) is 5.26 Å². The summed E-state index contributed by atoms with van der Waals surface area (Å²) >= 11 is 3.03. The van der Waals surface area contributed by atoms with Crippen LogP contribution in [0.5, 0.6) is 0 Å². The highest BCUT2D eigenvalue weighted by Gasteiger charge is 2.17. The molecule has 1 N–H and O–H groups in total. The molecule has 1 atom stereocenters. The quantitative estimate of drug-likeness (QED) is 0.511. The molecule has 0 fully saturated rings. The molecule has 1 aromatic heterocycles. The Hall–Kier alpha value is -2.62. The number of carbonyl (C=O) groups excluding carboxylic acids is 1. The highest BCUT2D eigenvalue weighted by atomic mass is 32.2. The first-order valence-corrected chi connectivity index (χ1v) is 10.7. The van der Waals surface area contributed by atoms with Crippen molar-refractivity contribution in [2.75, 3.05) is 5.32 Å². The summed E-state index contributed by atoms with van der Waals surface area (Å²) in [7, 11) is 0. The monoisotopic (exact) mass is 407 g/mol. The molecular formula is C22H21N3OS2. The molecule has 142 valence electrons. The Balaban J connectivity index is 1.74. The minimum atomic E-state index is -0.143. The molecule has 3 aromatic rings. The molecular weight excluding hydrogens is 386 g/mol. The summed E-state index contributed by atoms with van der Waals surface area (Å²) in [5.41, 5.74) is 2.69. The number of thiazole rings is 1. The van der Waals surface area contributed by atoms with E-state index in [9.17, 15) is 4.79 Å². The lowest BCUT2D eigenvalue weighted by Crippen LogP contribution is -2.12. The minimum Gasteiger partial charge on any atom is -0.320 e. The second-order valence-electron chi connectivity index (χ2n) is 6.43. The van der Waals surface area contributed by atoms with E-state index in [1.54, 1.807) is 11.8 Å². The van der Waals surface area contributed by atoms with Crippen LogP contribution in [0.1, 0.15) is 39.3 Å². The number of anilines is 1. The number of benzene rings is 2. The van der Waals surface area contributed by atoms with Crippen LogP contribution in [0.2, 0.25) is 0 Å². The number of amides is 1.